The summed E-state index contributed by atoms with van der Waals surface area (Å²) in [6, 6.07) is 7.16. The van der Waals surface area contributed by atoms with E-state index in [1.165, 1.54) is 31.2 Å². The van der Waals surface area contributed by atoms with Crippen LogP contribution in [0.2, 0.25) is 0 Å². The Morgan fingerprint density at radius 3 is 1.91 bits per heavy atom. The van der Waals surface area contributed by atoms with Crippen molar-refractivity contribution >= 4 is 5.97 Å². The topological polar surface area (TPSA) is 26.3 Å². The van der Waals surface area contributed by atoms with Crippen molar-refractivity contribution in [1.82, 2.24) is 0 Å². The lowest BCUT2D eigenvalue weighted by molar-refractivity contribution is -0.367. The van der Waals surface area contributed by atoms with Crippen molar-refractivity contribution in [2.45, 2.75) is 95.1 Å². The first-order valence-corrected chi connectivity index (χ1v) is 12.0. The van der Waals surface area contributed by atoms with E-state index in [0.29, 0.717) is 11.7 Å². The summed E-state index contributed by atoms with van der Waals surface area (Å²) < 4.78 is 97.0. The molecule has 2 saturated carbocycles. The van der Waals surface area contributed by atoms with Gasteiger partial charge in [0.1, 0.15) is 5.75 Å². The van der Waals surface area contributed by atoms with Crippen molar-refractivity contribution in [3.63, 3.8) is 0 Å². The van der Waals surface area contributed by atoms with Gasteiger partial charge in [-0.2, -0.15) is 30.7 Å². The van der Waals surface area contributed by atoms with Crippen molar-refractivity contribution in [2.24, 2.45) is 17.8 Å². The Labute approximate surface area is 195 Å². The van der Waals surface area contributed by atoms with E-state index in [-0.39, 0.29) is 12.8 Å². The summed E-state index contributed by atoms with van der Waals surface area (Å²) >= 11 is 0. The number of halogens is 7. The molecule has 0 atom stereocenters. The van der Waals surface area contributed by atoms with Crippen molar-refractivity contribution in [1.29, 1.82) is 0 Å². The van der Waals surface area contributed by atoms with E-state index in [1.54, 1.807) is 12.1 Å². The summed E-state index contributed by atoms with van der Waals surface area (Å²) in [5.74, 6) is -13.5. The van der Waals surface area contributed by atoms with E-state index >= 15 is 0 Å². The number of rotatable bonds is 7. The summed E-state index contributed by atoms with van der Waals surface area (Å²) in [4.78, 5) is 12.4. The van der Waals surface area contributed by atoms with Crippen LogP contribution in [0.3, 0.4) is 0 Å². The van der Waals surface area contributed by atoms with Gasteiger partial charge in [0.05, 0.1) is 5.92 Å². The molecule has 0 aliphatic heterocycles. The number of benzene rings is 1. The molecule has 3 rings (SSSR count). The molecule has 2 aliphatic carbocycles. The largest absolute Gasteiger partial charge is 0.459 e. The van der Waals surface area contributed by atoms with Crippen LogP contribution in [0, 0.1) is 17.8 Å². The fraction of sp³-hybridized carbons (Fsp3) is 0.720. The zero-order chi connectivity index (χ0) is 25.1. The van der Waals surface area contributed by atoms with Gasteiger partial charge in [-0.25, -0.2) is 0 Å². The zero-order valence-corrected chi connectivity index (χ0v) is 19.2. The van der Waals surface area contributed by atoms with Crippen molar-refractivity contribution in [2.75, 3.05) is 0 Å². The SMILES string of the molecule is CCCC1CCC(c2ccc(OC(=O)C3CCC(C(F)(F)C(F)(F)C(F)(F)F)CC3)cc2)CC1. The zero-order valence-electron chi connectivity index (χ0n) is 19.2. The van der Waals surface area contributed by atoms with E-state index in [4.69, 9.17) is 4.74 Å². The van der Waals surface area contributed by atoms with Crippen LogP contribution in [0.1, 0.15) is 82.6 Å². The fourth-order valence-electron chi connectivity index (χ4n) is 5.34. The molecule has 0 spiro atoms. The van der Waals surface area contributed by atoms with E-state index in [2.05, 4.69) is 6.92 Å². The number of carbonyl (C=O) groups is 1. The second kappa shape index (κ2) is 10.4. The molecule has 0 saturated heterocycles. The maximum atomic E-state index is 13.9. The molecule has 2 nitrogen and oxygen atoms in total. The number of hydrogen-bond acceptors (Lipinski definition) is 2. The van der Waals surface area contributed by atoms with Gasteiger partial charge in [0.15, 0.2) is 0 Å². The number of ether oxygens (including phenoxy) is 1. The summed E-state index contributed by atoms with van der Waals surface area (Å²) in [5.41, 5.74) is 1.17. The lowest BCUT2D eigenvalue weighted by Crippen LogP contribution is -2.56. The highest BCUT2D eigenvalue weighted by atomic mass is 19.4. The van der Waals surface area contributed by atoms with Crippen molar-refractivity contribution < 1.29 is 40.3 Å². The van der Waals surface area contributed by atoms with Crippen LogP contribution < -0.4 is 4.74 Å². The first-order chi connectivity index (χ1) is 15.9. The van der Waals surface area contributed by atoms with Crippen LogP contribution in [0.4, 0.5) is 30.7 Å². The predicted octanol–water partition coefficient (Wildman–Crippen LogP) is 8.31. The smallest absolute Gasteiger partial charge is 0.426 e. The van der Waals surface area contributed by atoms with Gasteiger partial charge in [-0.3, -0.25) is 4.79 Å². The summed E-state index contributed by atoms with van der Waals surface area (Å²) in [7, 11) is 0. The van der Waals surface area contributed by atoms with Gasteiger partial charge in [0.25, 0.3) is 0 Å². The Kier molecular flexibility index (Phi) is 8.23. The third kappa shape index (κ3) is 5.70. The Hall–Kier alpha value is -1.80. The average molecular weight is 497 g/mol. The van der Waals surface area contributed by atoms with Gasteiger partial charge in [-0.1, -0.05) is 31.9 Å². The lowest BCUT2D eigenvalue weighted by atomic mass is 9.77. The molecule has 0 heterocycles. The molecule has 1 aromatic rings. The quantitative estimate of drug-likeness (QED) is 0.216. The minimum Gasteiger partial charge on any atom is -0.426 e. The van der Waals surface area contributed by atoms with E-state index < -0.39 is 48.7 Å². The molecule has 0 N–H and O–H groups in total. The molecule has 34 heavy (non-hydrogen) atoms. The maximum absolute atomic E-state index is 13.9. The van der Waals surface area contributed by atoms with Crippen LogP contribution >= 0.6 is 0 Å². The fourth-order valence-corrected chi connectivity index (χ4v) is 5.34. The first-order valence-electron chi connectivity index (χ1n) is 12.0. The number of carbonyl (C=O) groups excluding carboxylic acids is 1. The summed E-state index contributed by atoms with van der Waals surface area (Å²) in [5, 5.41) is 0. The third-order valence-corrected chi connectivity index (χ3v) is 7.46. The van der Waals surface area contributed by atoms with Gasteiger partial charge in [-0.05, 0) is 80.9 Å². The lowest BCUT2D eigenvalue weighted by Gasteiger charge is -2.37. The minimum absolute atomic E-state index is 0.230. The number of hydrogen-bond donors (Lipinski definition) is 0. The van der Waals surface area contributed by atoms with Crippen LogP contribution in [0.15, 0.2) is 24.3 Å². The molecule has 0 aromatic heterocycles. The Bertz CT molecular complexity index is 804. The van der Waals surface area contributed by atoms with Crippen LogP contribution in [0.25, 0.3) is 0 Å². The average Bonchev–Trinajstić information content (AvgIpc) is 2.79. The predicted molar refractivity (Wildman–Crippen MR) is 113 cm³/mol. The Morgan fingerprint density at radius 1 is 0.853 bits per heavy atom. The highest BCUT2D eigenvalue weighted by Crippen LogP contribution is 2.53. The standard InChI is InChI=1S/C25H31F7O2/c1-2-3-16-4-6-17(7-5-16)18-10-14-21(15-11-18)34-22(33)19-8-12-20(13-9-19)23(26,27)24(28,29)25(30,31)32/h10-11,14-17,19-20H,2-9,12-13H2,1H3. The van der Waals surface area contributed by atoms with Crippen molar-refractivity contribution in [3.8, 4) is 5.75 Å². The first kappa shape index (κ1) is 26.8. The second-order valence-corrected chi connectivity index (χ2v) is 9.74. The van der Waals surface area contributed by atoms with E-state index in [9.17, 15) is 35.5 Å². The Morgan fingerprint density at radius 2 is 1.41 bits per heavy atom. The maximum Gasteiger partial charge on any atom is 0.459 e. The highest BCUT2D eigenvalue weighted by molar-refractivity contribution is 5.75. The number of esters is 1. The number of alkyl halides is 7. The molecule has 0 amide bonds. The van der Waals surface area contributed by atoms with Gasteiger partial charge in [-0.15, -0.1) is 0 Å². The highest BCUT2D eigenvalue weighted by Gasteiger charge is 2.74. The van der Waals surface area contributed by atoms with Crippen LogP contribution in [-0.4, -0.2) is 24.0 Å². The molecule has 0 radical (unpaired) electrons. The molecule has 0 bridgehead atoms. The molecular weight excluding hydrogens is 465 g/mol. The van der Waals surface area contributed by atoms with E-state index in [0.717, 1.165) is 18.8 Å². The van der Waals surface area contributed by atoms with Gasteiger partial charge in [0.2, 0.25) is 0 Å². The monoisotopic (exact) mass is 496 g/mol. The minimum atomic E-state index is -6.34. The molecular formula is C25H31F7O2. The normalized spacial score (nSPS) is 26.8. The Balaban J connectivity index is 1.51. The van der Waals surface area contributed by atoms with Gasteiger partial charge < -0.3 is 4.74 Å². The van der Waals surface area contributed by atoms with Gasteiger partial charge in [0, 0.05) is 5.92 Å². The molecule has 2 aliphatic rings. The summed E-state index contributed by atoms with van der Waals surface area (Å²) in [6.07, 6.45) is -0.943. The van der Waals surface area contributed by atoms with Crippen molar-refractivity contribution in [3.05, 3.63) is 29.8 Å². The third-order valence-electron chi connectivity index (χ3n) is 7.46. The van der Waals surface area contributed by atoms with E-state index in [1.807, 2.05) is 12.1 Å². The molecule has 192 valence electrons. The molecule has 0 unspecified atom stereocenters. The van der Waals surface area contributed by atoms with Gasteiger partial charge >= 0.3 is 24.0 Å². The molecule has 2 fully saturated rings. The molecule has 9 heteroatoms. The van der Waals surface area contributed by atoms with Crippen LogP contribution in [-0.2, 0) is 4.79 Å². The summed E-state index contributed by atoms with van der Waals surface area (Å²) in [6.45, 7) is 2.19. The molecule has 1 aromatic carbocycles. The van der Waals surface area contributed by atoms with Crippen LogP contribution in [0.5, 0.6) is 5.75 Å². The second-order valence-electron chi connectivity index (χ2n) is 9.74.